The molecule has 2 aromatic carbocycles. The third-order valence-corrected chi connectivity index (χ3v) is 5.57. The molecule has 0 spiro atoms. The lowest BCUT2D eigenvalue weighted by molar-refractivity contribution is 0.0732. The Balaban J connectivity index is 1.65. The van der Waals surface area contributed by atoms with Crippen LogP contribution in [0.1, 0.15) is 40.6 Å². The Morgan fingerprint density at radius 1 is 0.967 bits per heavy atom. The van der Waals surface area contributed by atoms with E-state index in [-0.39, 0.29) is 11.9 Å². The second-order valence-corrected chi connectivity index (χ2v) is 7.54. The van der Waals surface area contributed by atoms with Crippen LogP contribution in [0.3, 0.4) is 0 Å². The highest BCUT2D eigenvalue weighted by atomic mass is 16.5. The van der Waals surface area contributed by atoms with Gasteiger partial charge in [-0.1, -0.05) is 18.2 Å². The molecule has 5 heteroatoms. The van der Waals surface area contributed by atoms with Gasteiger partial charge in [-0.15, -0.1) is 0 Å². The van der Waals surface area contributed by atoms with Gasteiger partial charge >= 0.3 is 0 Å². The van der Waals surface area contributed by atoms with Crippen LogP contribution in [0.2, 0.25) is 0 Å². The smallest absolute Gasteiger partial charge is 0.254 e. The molecule has 1 aliphatic heterocycles. The van der Waals surface area contributed by atoms with Gasteiger partial charge in [0, 0.05) is 17.8 Å². The molecule has 30 heavy (non-hydrogen) atoms. The van der Waals surface area contributed by atoms with E-state index in [0.717, 1.165) is 47.7 Å². The minimum atomic E-state index is -0.0272. The van der Waals surface area contributed by atoms with E-state index in [9.17, 15) is 4.79 Å². The summed E-state index contributed by atoms with van der Waals surface area (Å²) < 4.78 is 10.6. The summed E-state index contributed by atoms with van der Waals surface area (Å²) in [7, 11) is 3.28. The molecule has 1 fully saturated rings. The first-order valence-corrected chi connectivity index (χ1v) is 10.2. The molecular weight excluding hydrogens is 376 g/mol. The van der Waals surface area contributed by atoms with E-state index in [1.807, 2.05) is 54.3 Å². The zero-order valence-corrected chi connectivity index (χ0v) is 17.6. The predicted octanol–water partition coefficient (Wildman–Crippen LogP) is 5.05. The van der Waals surface area contributed by atoms with Gasteiger partial charge in [0.15, 0.2) is 0 Å². The van der Waals surface area contributed by atoms with Crippen molar-refractivity contribution in [2.45, 2.75) is 25.8 Å². The van der Waals surface area contributed by atoms with E-state index in [1.165, 1.54) is 0 Å². The summed E-state index contributed by atoms with van der Waals surface area (Å²) in [6.45, 7) is 2.73. The van der Waals surface area contributed by atoms with Crippen molar-refractivity contribution in [2.75, 3.05) is 20.8 Å². The normalized spacial score (nSPS) is 15.8. The Hall–Kier alpha value is -3.34. The summed E-state index contributed by atoms with van der Waals surface area (Å²) in [6, 6.07) is 19.5. The number of hydrogen-bond acceptors (Lipinski definition) is 4. The maximum atomic E-state index is 13.2. The molecule has 0 N–H and O–H groups in total. The van der Waals surface area contributed by atoms with Crippen LogP contribution < -0.4 is 9.47 Å². The van der Waals surface area contributed by atoms with Gasteiger partial charge < -0.3 is 14.4 Å². The number of hydrogen-bond donors (Lipinski definition) is 0. The van der Waals surface area contributed by atoms with Crippen LogP contribution in [0.15, 0.2) is 60.7 Å². The van der Waals surface area contributed by atoms with Crippen LogP contribution in [0.25, 0.3) is 11.1 Å². The molecule has 2 heterocycles. The number of aryl methyl sites for hydroxylation is 1. The number of methoxy groups -OCH3 is 2. The van der Waals surface area contributed by atoms with E-state index < -0.39 is 0 Å². The average molecular weight is 402 g/mol. The third kappa shape index (κ3) is 4.01. The molecule has 1 atom stereocenters. The Morgan fingerprint density at radius 2 is 1.73 bits per heavy atom. The summed E-state index contributed by atoms with van der Waals surface area (Å²) in [5.74, 6) is 1.54. The number of pyridine rings is 1. The van der Waals surface area contributed by atoms with E-state index in [0.29, 0.717) is 11.3 Å². The molecule has 1 aromatic heterocycles. The number of amides is 1. The summed E-state index contributed by atoms with van der Waals surface area (Å²) in [6.07, 6.45) is 1.88. The maximum Gasteiger partial charge on any atom is 0.254 e. The Bertz CT molecular complexity index is 1050. The molecule has 4 rings (SSSR count). The molecule has 0 bridgehead atoms. The van der Waals surface area contributed by atoms with Gasteiger partial charge in [-0.2, -0.15) is 0 Å². The number of nitrogens with zero attached hydrogens (tertiary/aromatic N) is 2. The first kappa shape index (κ1) is 20.0. The van der Waals surface area contributed by atoms with Crippen LogP contribution in [0, 0.1) is 6.92 Å². The Labute approximate surface area is 177 Å². The predicted molar refractivity (Wildman–Crippen MR) is 117 cm³/mol. The van der Waals surface area contributed by atoms with Crippen LogP contribution in [0.4, 0.5) is 0 Å². The quantitative estimate of drug-likeness (QED) is 0.599. The molecule has 1 saturated heterocycles. The summed E-state index contributed by atoms with van der Waals surface area (Å²) >= 11 is 0. The van der Waals surface area contributed by atoms with Crippen molar-refractivity contribution in [1.29, 1.82) is 0 Å². The fraction of sp³-hybridized carbons (Fsp3) is 0.280. The molecule has 1 aliphatic rings. The third-order valence-electron chi connectivity index (χ3n) is 5.57. The standard InChI is InChI=1S/C25H26N2O3/c1-17-14-20(18-9-11-21(29-2)12-10-18)16-23(26-17)24-8-5-13-27(24)25(28)19-6-4-7-22(15-19)30-3/h4,6-7,9-12,14-16,24H,5,8,13H2,1-3H3/t24-/m1/s1. The first-order valence-electron chi connectivity index (χ1n) is 10.2. The van der Waals surface area contributed by atoms with Crippen molar-refractivity contribution >= 4 is 5.91 Å². The van der Waals surface area contributed by atoms with E-state index in [2.05, 4.69) is 12.1 Å². The fourth-order valence-electron chi connectivity index (χ4n) is 4.05. The van der Waals surface area contributed by atoms with Gasteiger partial charge in [-0.05, 0) is 73.4 Å². The van der Waals surface area contributed by atoms with Gasteiger partial charge in [0.2, 0.25) is 0 Å². The lowest BCUT2D eigenvalue weighted by Gasteiger charge is -2.25. The average Bonchev–Trinajstić information content (AvgIpc) is 3.28. The van der Waals surface area contributed by atoms with Crippen molar-refractivity contribution in [1.82, 2.24) is 9.88 Å². The summed E-state index contributed by atoms with van der Waals surface area (Å²) in [4.78, 5) is 20.0. The highest BCUT2D eigenvalue weighted by Crippen LogP contribution is 2.35. The van der Waals surface area contributed by atoms with E-state index >= 15 is 0 Å². The largest absolute Gasteiger partial charge is 0.497 e. The van der Waals surface area contributed by atoms with Crippen molar-refractivity contribution < 1.29 is 14.3 Å². The van der Waals surface area contributed by atoms with Crippen LogP contribution in [0.5, 0.6) is 11.5 Å². The lowest BCUT2D eigenvalue weighted by Crippen LogP contribution is -2.31. The number of benzene rings is 2. The molecule has 154 valence electrons. The van der Waals surface area contributed by atoms with E-state index in [4.69, 9.17) is 14.5 Å². The number of likely N-dealkylation sites (tertiary alicyclic amines) is 1. The fourth-order valence-corrected chi connectivity index (χ4v) is 4.05. The summed E-state index contributed by atoms with van der Waals surface area (Å²) in [5, 5.41) is 0. The van der Waals surface area contributed by atoms with Gasteiger partial charge in [0.1, 0.15) is 11.5 Å². The molecule has 0 aliphatic carbocycles. The van der Waals surface area contributed by atoms with Gasteiger partial charge in [0.25, 0.3) is 5.91 Å². The minimum Gasteiger partial charge on any atom is -0.497 e. The second-order valence-electron chi connectivity index (χ2n) is 7.54. The highest BCUT2D eigenvalue weighted by molar-refractivity contribution is 5.95. The Kier molecular flexibility index (Phi) is 5.70. The van der Waals surface area contributed by atoms with E-state index in [1.54, 1.807) is 20.3 Å². The number of carbonyl (C=O) groups excluding carboxylic acids is 1. The monoisotopic (exact) mass is 402 g/mol. The second kappa shape index (κ2) is 8.57. The minimum absolute atomic E-state index is 0.0192. The molecular formula is C25H26N2O3. The molecule has 5 nitrogen and oxygen atoms in total. The van der Waals surface area contributed by atoms with Crippen molar-refractivity contribution in [3.8, 4) is 22.6 Å². The molecule has 0 saturated carbocycles. The van der Waals surface area contributed by atoms with Crippen LogP contribution in [-0.2, 0) is 0 Å². The van der Waals surface area contributed by atoms with Gasteiger partial charge in [-0.25, -0.2) is 0 Å². The van der Waals surface area contributed by atoms with Crippen LogP contribution >= 0.6 is 0 Å². The highest BCUT2D eigenvalue weighted by Gasteiger charge is 2.32. The van der Waals surface area contributed by atoms with Crippen molar-refractivity contribution in [2.24, 2.45) is 0 Å². The summed E-state index contributed by atoms with van der Waals surface area (Å²) in [5.41, 5.74) is 4.73. The zero-order valence-electron chi connectivity index (χ0n) is 17.6. The van der Waals surface area contributed by atoms with Gasteiger partial charge in [0.05, 0.1) is 26.0 Å². The molecule has 1 amide bonds. The molecule has 0 unspecified atom stereocenters. The van der Waals surface area contributed by atoms with Crippen molar-refractivity contribution in [3.63, 3.8) is 0 Å². The first-order chi connectivity index (χ1) is 14.6. The number of ether oxygens (including phenoxy) is 2. The molecule has 0 radical (unpaired) electrons. The topological polar surface area (TPSA) is 51.7 Å². The zero-order chi connectivity index (χ0) is 21.1. The van der Waals surface area contributed by atoms with Crippen LogP contribution in [-0.4, -0.2) is 36.6 Å². The molecule has 3 aromatic rings. The lowest BCUT2D eigenvalue weighted by atomic mass is 10.0. The van der Waals surface area contributed by atoms with Gasteiger partial charge in [-0.3, -0.25) is 9.78 Å². The number of carbonyl (C=O) groups is 1. The number of aromatic nitrogens is 1. The SMILES string of the molecule is COc1ccc(-c2cc(C)nc([C@H]3CCCN3C(=O)c3cccc(OC)c3)c2)cc1. The Morgan fingerprint density at radius 3 is 2.47 bits per heavy atom. The number of rotatable bonds is 5. The van der Waals surface area contributed by atoms with Crippen molar-refractivity contribution in [3.05, 3.63) is 77.6 Å². The maximum absolute atomic E-state index is 13.2.